The van der Waals surface area contributed by atoms with Crippen molar-refractivity contribution in [3.05, 3.63) is 42.7 Å². The van der Waals surface area contributed by atoms with E-state index in [9.17, 15) is 4.79 Å². The zero-order valence-electron chi connectivity index (χ0n) is 16.0. The molecule has 0 spiro atoms. The molecule has 0 bridgehead atoms. The third-order valence-electron chi connectivity index (χ3n) is 4.72. The van der Waals surface area contributed by atoms with Crippen LogP contribution in [0.1, 0.15) is 32.0 Å². The molecule has 1 aliphatic rings. The highest BCUT2D eigenvalue weighted by Crippen LogP contribution is 2.25. The van der Waals surface area contributed by atoms with Crippen LogP contribution in [0.4, 0.5) is 11.4 Å². The number of nitrogens with one attached hydrogen (secondary N) is 1. The number of hydrogen-bond acceptors (Lipinski definition) is 5. The molecule has 0 saturated carbocycles. The summed E-state index contributed by atoms with van der Waals surface area (Å²) in [6.45, 7) is 10.4. The molecule has 6 nitrogen and oxygen atoms in total. The molecule has 1 atom stereocenters. The standard InChI is InChI=1S/C20H27N5OS/c1-4-12-25-16(3)22-23-20(25)27-15(2)19(26)21-17-8-10-18(11-9-17)24-13-6-5-7-14-24/h4,8-11,15H,1,5-7,12-14H2,2-3H3,(H,21,26). The Morgan fingerprint density at radius 1 is 1.26 bits per heavy atom. The van der Waals surface area contributed by atoms with Crippen LogP contribution in [0.2, 0.25) is 0 Å². The fraction of sp³-hybridized carbons (Fsp3) is 0.450. The van der Waals surface area contributed by atoms with Gasteiger partial charge in [0.2, 0.25) is 5.91 Å². The van der Waals surface area contributed by atoms with Crippen molar-refractivity contribution >= 4 is 29.0 Å². The van der Waals surface area contributed by atoms with Crippen LogP contribution in [0.5, 0.6) is 0 Å². The number of carbonyl (C=O) groups is 1. The van der Waals surface area contributed by atoms with Crippen LogP contribution in [0.15, 0.2) is 42.1 Å². The number of aryl methyl sites for hydroxylation is 1. The van der Waals surface area contributed by atoms with Crippen molar-refractivity contribution in [3.8, 4) is 0 Å². The summed E-state index contributed by atoms with van der Waals surface area (Å²) in [4.78, 5) is 15.0. The Hall–Kier alpha value is -2.28. The minimum absolute atomic E-state index is 0.0449. The van der Waals surface area contributed by atoms with Crippen molar-refractivity contribution < 1.29 is 4.79 Å². The normalized spacial score (nSPS) is 15.4. The summed E-state index contributed by atoms with van der Waals surface area (Å²) in [6.07, 6.45) is 5.63. The number of thioether (sulfide) groups is 1. The molecule has 1 N–H and O–H groups in total. The van der Waals surface area contributed by atoms with Crippen molar-refractivity contribution in [2.45, 2.75) is 50.1 Å². The van der Waals surface area contributed by atoms with Crippen LogP contribution in [-0.4, -0.2) is 39.0 Å². The number of hydrogen-bond donors (Lipinski definition) is 1. The zero-order chi connectivity index (χ0) is 19.2. The minimum Gasteiger partial charge on any atom is -0.372 e. The SMILES string of the molecule is C=CCn1c(C)nnc1SC(C)C(=O)Nc1ccc(N2CCCCC2)cc1. The van der Waals surface area contributed by atoms with Gasteiger partial charge in [0.25, 0.3) is 0 Å². The number of amides is 1. The molecule has 27 heavy (non-hydrogen) atoms. The highest BCUT2D eigenvalue weighted by molar-refractivity contribution is 8.00. The molecule has 1 unspecified atom stereocenters. The van der Waals surface area contributed by atoms with Gasteiger partial charge in [0.1, 0.15) is 5.82 Å². The quantitative estimate of drug-likeness (QED) is 0.579. The number of benzene rings is 1. The van der Waals surface area contributed by atoms with E-state index < -0.39 is 0 Å². The molecule has 0 aliphatic carbocycles. The van der Waals surface area contributed by atoms with Crippen molar-refractivity contribution in [2.24, 2.45) is 0 Å². The van der Waals surface area contributed by atoms with Gasteiger partial charge in [-0.1, -0.05) is 17.8 Å². The van der Waals surface area contributed by atoms with Crippen LogP contribution in [0.25, 0.3) is 0 Å². The number of carbonyl (C=O) groups excluding carboxylic acids is 1. The first-order valence-corrected chi connectivity index (χ1v) is 10.3. The van der Waals surface area contributed by atoms with Crippen molar-refractivity contribution in [2.75, 3.05) is 23.3 Å². The largest absolute Gasteiger partial charge is 0.372 e. The third kappa shape index (κ3) is 4.91. The van der Waals surface area contributed by atoms with Crippen LogP contribution in [0, 0.1) is 6.92 Å². The van der Waals surface area contributed by atoms with E-state index in [1.807, 2.05) is 30.5 Å². The molecule has 0 radical (unpaired) electrons. The zero-order valence-corrected chi connectivity index (χ0v) is 16.8. The highest BCUT2D eigenvalue weighted by atomic mass is 32.2. The number of allylic oxidation sites excluding steroid dienone is 1. The number of rotatable bonds is 7. The fourth-order valence-electron chi connectivity index (χ4n) is 3.15. The topological polar surface area (TPSA) is 63.1 Å². The molecule has 2 aromatic rings. The Balaban J connectivity index is 1.58. The van der Waals surface area contributed by atoms with Gasteiger partial charge in [-0.05, 0) is 57.4 Å². The van der Waals surface area contributed by atoms with Crippen LogP contribution < -0.4 is 10.2 Å². The lowest BCUT2D eigenvalue weighted by molar-refractivity contribution is -0.115. The smallest absolute Gasteiger partial charge is 0.237 e. The Labute approximate surface area is 165 Å². The van der Waals surface area contributed by atoms with Gasteiger partial charge in [0, 0.05) is 31.0 Å². The van der Waals surface area contributed by atoms with E-state index in [2.05, 4.69) is 39.1 Å². The highest BCUT2D eigenvalue weighted by Gasteiger charge is 2.19. The molecular weight excluding hydrogens is 358 g/mol. The molecule has 1 amide bonds. The summed E-state index contributed by atoms with van der Waals surface area (Å²) in [5.41, 5.74) is 2.04. The monoisotopic (exact) mass is 385 g/mol. The Bertz CT molecular complexity index is 780. The average Bonchev–Trinajstić information content (AvgIpc) is 3.03. The van der Waals surface area contributed by atoms with Gasteiger partial charge in [-0.25, -0.2) is 0 Å². The molecule has 1 aromatic heterocycles. The summed E-state index contributed by atoms with van der Waals surface area (Å²) < 4.78 is 1.95. The van der Waals surface area contributed by atoms with Crippen LogP contribution in [0.3, 0.4) is 0 Å². The van der Waals surface area contributed by atoms with E-state index in [0.29, 0.717) is 6.54 Å². The van der Waals surface area contributed by atoms with E-state index in [0.717, 1.165) is 29.8 Å². The first-order valence-electron chi connectivity index (χ1n) is 9.41. The Morgan fingerprint density at radius 3 is 2.63 bits per heavy atom. The second-order valence-corrected chi connectivity index (χ2v) is 8.08. The number of anilines is 2. The summed E-state index contributed by atoms with van der Waals surface area (Å²) in [7, 11) is 0. The summed E-state index contributed by atoms with van der Waals surface area (Å²) in [5, 5.41) is 11.7. The van der Waals surface area contributed by atoms with Gasteiger partial charge in [-0.15, -0.1) is 16.8 Å². The summed E-state index contributed by atoms with van der Waals surface area (Å²) in [6, 6.07) is 8.12. The van der Waals surface area contributed by atoms with E-state index in [-0.39, 0.29) is 11.2 Å². The first-order chi connectivity index (χ1) is 13.1. The van der Waals surface area contributed by atoms with E-state index in [4.69, 9.17) is 0 Å². The predicted molar refractivity (Wildman–Crippen MR) is 111 cm³/mol. The third-order valence-corrected chi connectivity index (χ3v) is 5.80. The van der Waals surface area contributed by atoms with Crippen molar-refractivity contribution in [1.82, 2.24) is 14.8 Å². The van der Waals surface area contributed by atoms with E-state index in [1.54, 1.807) is 6.08 Å². The van der Waals surface area contributed by atoms with Crippen LogP contribution >= 0.6 is 11.8 Å². The summed E-state index contributed by atoms with van der Waals surface area (Å²) >= 11 is 1.41. The maximum atomic E-state index is 12.6. The van der Waals surface area contributed by atoms with E-state index in [1.165, 1.54) is 36.7 Å². The van der Waals surface area contributed by atoms with Gasteiger partial charge < -0.3 is 14.8 Å². The van der Waals surface area contributed by atoms with Gasteiger partial charge >= 0.3 is 0 Å². The summed E-state index contributed by atoms with van der Waals surface area (Å²) in [5.74, 6) is 0.773. The molecule has 1 aromatic carbocycles. The molecule has 144 valence electrons. The van der Waals surface area contributed by atoms with E-state index >= 15 is 0 Å². The second-order valence-electron chi connectivity index (χ2n) is 6.77. The lowest BCUT2D eigenvalue weighted by Crippen LogP contribution is -2.29. The molecular formula is C20H27N5OS. The van der Waals surface area contributed by atoms with Gasteiger partial charge in [0.15, 0.2) is 5.16 Å². The lowest BCUT2D eigenvalue weighted by atomic mass is 10.1. The molecule has 2 heterocycles. The minimum atomic E-state index is -0.279. The van der Waals surface area contributed by atoms with Crippen molar-refractivity contribution in [3.63, 3.8) is 0 Å². The Kier molecular flexibility index (Phi) is 6.55. The maximum Gasteiger partial charge on any atom is 0.237 e. The molecule has 1 fully saturated rings. The number of piperidine rings is 1. The fourth-order valence-corrected chi connectivity index (χ4v) is 4.06. The van der Waals surface area contributed by atoms with Gasteiger partial charge in [0.05, 0.1) is 5.25 Å². The van der Waals surface area contributed by atoms with Crippen LogP contribution in [-0.2, 0) is 11.3 Å². The molecule has 1 aliphatic heterocycles. The Morgan fingerprint density at radius 2 is 1.96 bits per heavy atom. The average molecular weight is 386 g/mol. The van der Waals surface area contributed by atoms with Crippen molar-refractivity contribution in [1.29, 1.82) is 0 Å². The van der Waals surface area contributed by atoms with Gasteiger partial charge in [-0.2, -0.15) is 0 Å². The maximum absolute atomic E-state index is 12.6. The molecule has 7 heteroatoms. The number of nitrogens with zero attached hydrogens (tertiary/aromatic N) is 4. The first kappa shape index (κ1) is 19.5. The van der Waals surface area contributed by atoms with Gasteiger partial charge in [-0.3, -0.25) is 4.79 Å². The second kappa shape index (κ2) is 9.08. The molecule has 1 saturated heterocycles. The number of aromatic nitrogens is 3. The predicted octanol–water partition coefficient (Wildman–Crippen LogP) is 3.88. The molecule has 3 rings (SSSR count). The lowest BCUT2D eigenvalue weighted by Gasteiger charge is -2.28.